The lowest BCUT2D eigenvalue weighted by atomic mass is 9.81. The van der Waals surface area contributed by atoms with Gasteiger partial charge in [-0.25, -0.2) is 0 Å². The predicted molar refractivity (Wildman–Crippen MR) is 134 cm³/mol. The standard InChI is InChI=1S/C31H22/c1-31(2)28-12-11-23-13-19-7-5-6-10-22(19)16-26(23)30(28)27-17-24-14-20-8-3-4-9-21(20)15-25(24)18-29(27)31/h3-18H,1-2H3. The van der Waals surface area contributed by atoms with E-state index < -0.39 is 0 Å². The molecule has 6 aromatic carbocycles. The van der Waals surface area contributed by atoms with Crippen LogP contribution in [0.2, 0.25) is 0 Å². The largest absolute Gasteiger partial charge is 0.0616 e. The minimum atomic E-state index is -0.00959. The summed E-state index contributed by atoms with van der Waals surface area (Å²) in [6.07, 6.45) is 0. The van der Waals surface area contributed by atoms with Crippen molar-refractivity contribution in [3.05, 3.63) is 108 Å². The number of hydrogen-bond acceptors (Lipinski definition) is 0. The molecule has 0 heteroatoms. The number of benzene rings is 6. The van der Waals surface area contributed by atoms with Crippen LogP contribution < -0.4 is 0 Å². The van der Waals surface area contributed by atoms with E-state index in [1.165, 1.54) is 65.3 Å². The fourth-order valence-corrected chi connectivity index (χ4v) is 5.69. The maximum absolute atomic E-state index is 2.43. The summed E-state index contributed by atoms with van der Waals surface area (Å²) in [4.78, 5) is 0. The Hall–Kier alpha value is -3.64. The smallest absolute Gasteiger partial charge is 0.0159 e. The Morgan fingerprint density at radius 2 is 1.00 bits per heavy atom. The highest BCUT2D eigenvalue weighted by Crippen LogP contribution is 2.52. The van der Waals surface area contributed by atoms with Crippen molar-refractivity contribution in [1.82, 2.24) is 0 Å². The maximum Gasteiger partial charge on any atom is 0.0159 e. The SMILES string of the molecule is CC1(C)c2cc3cc4ccccc4cc3cc2-c2c1ccc1cc3ccccc3cc21. The fourth-order valence-electron chi connectivity index (χ4n) is 5.69. The van der Waals surface area contributed by atoms with Gasteiger partial charge < -0.3 is 0 Å². The van der Waals surface area contributed by atoms with E-state index in [1.54, 1.807) is 0 Å². The lowest BCUT2D eigenvalue weighted by molar-refractivity contribution is 0.661. The summed E-state index contributed by atoms with van der Waals surface area (Å²) in [6.45, 7) is 4.74. The first-order chi connectivity index (χ1) is 15.1. The normalized spacial score (nSPS) is 14.4. The van der Waals surface area contributed by atoms with Gasteiger partial charge in [0, 0.05) is 5.41 Å². The van der Waals surface area contributed by atoms with E-state index in [0.717, 1.165) is 0 Å². The van der Waals surface area contributed by atoms with Crippen LogP contribution in [0.3, 0.4) is 0 Å². The Morgan fingerprint density at radius 3 is 1.65 bits per heavy atom. The summed E-state index contributed by atoms with van der Waals surface area (Å²) < 4.78 is 0. The van der Waals surface area contributed by atoms with Gasteiger partial charge in [0.05, 0.1) is 0 Å². The molecule has 31 heavy (non-hydrogen) atoms. The van der Waals surface area contributed by atoms with Crippen LogP contribution in [-0.4, -0.2) is 0 Å². The van der Waals surface area contributed by atoms with Gasteiger partial charge in [0.15, 0.2) is 0 Å². The van der Waals surface area contributed by atoms with Gasteiger partial charge in [0.25, 0.3) is 0 Å². The minimum absolute atomic E-state index is 0.00959. The van der Waals surface area contributed by atoms with E-state index in [1.807, 2.05) is 0 Å². The van der Waals surface area contributed by atoms with Crippen molar-refractivity contribution in [2.45, 2.75) is 19.3 Å². The van der Waals surface area contributed by atoms with Crippen molar-refractivity contribution in [3.63, 3.8) is 0 Å². The van der Waals surface area contributed by atoms with Crippen molar-refractivity contribution < 1.29 is 0 Å². The number of rotatable bonds is 0. The molecule has 0 fully saturated rings. The van der Waals surface area contributed by atoms with Crippen molar-refractivity contribution in [2.24, 2.45) is 0 Å². The molecule has 0 saturated heterocycles. The molecule has 1 aliphatic rings. The van der Waals surface area contributed by atoms with Crippen LogP contribution in [0.4, 0.5) is 0 Å². The molecule has 0 unspecified atom stereocenters. The Morgan fingerprint density at radius 1 is 0.452 bits per heavy atom. The molecule has 0 aliphatic heterocycles. The van der Waals surface area contributed by atoms with Crippen LogP contribution >= 0.6 is 0 Å². The van der Waals surface area contributed by atoms with Crippen molar-refractivity contribution in [1.29, 1.82) is 0 Å². The van der Waals surface area contributed by atoms with Gasteiger partial charge in [-0.1, -0.05) is 74.5 Å². The third kappa shape index (κ3) is 2.25. The highest BCUT2D eigenvalue weighted by molar-refractivity contribution is 6.10. The summed E-state index contributed by atoms with van der Waals surface area (Å²) in [6, 6.07) is 36.3. The molecule has 0 saturated carbocycles. The minimum Gasteiger partial charge on any atom is -0.0616 e. The van der Waals surface area contributed by atoms with Gasteiger partial charge >= 0.3 is 0 Å². The Bertz CT molecular complexity index is 1700. The van der Waals surface area contributed by atoms with E-state index in [2.05, 4.69) is 111 Å². The summed E-state index contributed by atoms with van der Waals surface area (Å²) in [7, 11) is 0. The zero-order valence-corrected chi connectivity index (χ0v) is 17.7. The molecule has 0 N–H and O–H groups in total. The molecule has 146 valence electrons. The first-order valence-electron chi connectivity index (χ1n) is 11.0. The molecular weight excluding hydrogens is 372 g/mol. The zero-order chi connectivity index (χ0) is 20.7. The summed E-state index contributed by atoms with van der Waals surface area (Å²) >= 11 is 0. The Balaban J connectivity index is 1.62. The van der Waals surface area contributed by atoms with E-state index in [4.69, 9.17) is 0 Å². The summed E-state index contributed by atoms with van der Waals surface area (Å²) in [5, 5.41) is 10.5. The average molecular weight is 395 g/mol. The van der Waals surface area contributed by atoms with Crippen LogP contribution in [-0.2, 0) is 5.41 Å². The molecule has 6 aromatic rings. The number of hydrogen-bond donors (Lipinski definition) is 0. The highest BCUT2D eigenvalue weighted by atomic mass is 14.4. The Kier molecular flexibility index (Phi) is 3.16. The van der Waals surface area contributed by atoms with E-state index >= 15 is 0 Å². The first kappa shape index (κ1) is 17.1. The van der Waals surface area contributed by atoms with E-state index in [0.29, 0.717) is 0 Å². The molecule has 0 heterocycles. The lowest BCUT2D eigenvalue weighted by Gasteiger charge is -2.22. The molecule has 0 radical (unpaired) electrons. The van der Waals surface area contributed by atoms with Crippen LogP contribution in [0.15, 0.2) is 97.1 Å². The van der Waals surface area contributed by atoms with E-state index in [9.17, 15) is 0 Å². The van der Waals surface area contributed by atoms with Crippen LogP contribution in [0.5, 0.6) is 0 Å². The maximum atomic E-state index is 2.43. The second-order valence-corrected chi connectivity index (χ2v) is 9.48. The van der Waals surface area contributed by atoms with Crippen molar-refractivity contribution in [2.75, 3.05) is 0 Å². The zero-order valence-electron chi connectivity index (χ0n) is 17.7. The second-order valence-electron chi connectivity index (χ2n) is 9.48. The fraction of sp³-hybridized carbons (Fsp3) is 0.0968. The predicted octanol–water partition coefficient (Wildman–Crippen LogP) is 8.61. The van der Waals surface area contributed by atoms with Gasteiger partial charge in [-0.3, -0.25) is 0 Å². The van der Waals surface area contributed by atoms with Gasteiger partial charge in [0.1, 0.15) is 0 Å². The third-order valence-corrected chi connectivity index (χ3v) is 7.34. The molecule has 0 bridgehead atoms. The van der Waals surface area contributed by atoms with Gasteiger partial charge in [-0.15, -0.1) is 0 Å². The molecular formula is C31H22. The van der Waals surface area contributed by atoms with Crippen LogP contribution in [0.1, 0.15) is 25.0 Å². The monoisotopic (exact) mass is 394 g/mol. The lowest BCUT2D eigenvalue weighted by Crippen LogP contribution is -2.14. The second kappa shape index (κ2) is 5.74. The van der Waals surface area contributed by atoms with Gasteiger partial charge in [0.2, 0.25) is 0 Å². The Labute approximate surface area is 181 Å². The molecule has 0 amide bonds. The number of fused-ring (bicyclic) bond motifs is 8. The van der Waals surface area contributed by atoms with Crippen molar-refractivity contribution in [3.8, 4) is 11.1 Å². The quantitative estimate of drug-likeness (QED) is 0.226. The molecule has 1 aliphatic carbocycles. The molecule has 0 aromatic heterocycles. The van der Waals surface area contributed by atoms with Gasteiger partial charge in [-0.2, -0.15) is 0 Å². The average Bonchev–Trinajstić information content (AvgIpc) is 3.01. The topological polar surface area (TPSA) is 0 Å². The first-order valence-corrected chi connectivity index (χ1v) is 11.0. The summed E-state index contributed by atoms with van der Waals surface area (Å²) in [5.74, 6) is 0. The highest BCUT2D eigenvalue weighted by Gasteiger charge is 2.36. The third-order valence-electron chi connectivity index (χ3n) is 7.34. The van der Waals surface area contributed by atoms with Crippen LogP contribution in [0.25, 0.3) is 54.2 Å². The van der Waals surface area contributed by atoms with E-state index in [-0.39, 0.29) is 5.41 Å². The van der Waals surface area contributed by atoms with Gasteiger partial charge in [-0.05, 0) is 102 Å². The summed E-state index contributed by atoms with van der Waals surface area (Å²) in [5.41, 5.74) is 5.67. The molecule has 0 nitrogen and oxygen atoms in total. The van der Waals surface area contributed by atoms with Crippen molar-refractivity contribution >= 4 is 43.1 Å². The molecule has 0 atom stereocenters. The molecule has 7 rings (SSSR count). The van der Waals surface area contributed by atoms with Crippen LogP contribution in [0, 0.1) is 0 Å². The molecule has 0 spiro atoms.